The van der Waals surface area contributed by atoms with Gasteiger partial charge in [-0.05, 0) is 31.4 Å². The van der Waals surface area contributed by atoms with Gasteiger partial charge in [-0.3, -0.25) is 9.69 Å². The molecule has 0 radical (unpaired) electrons. The zero-order valence-electron chi connectivity index (χ0n) is 14.2. The third-order valence-corrected chi connectivity index (χ3v) is 5.30. The lowest BCUT2D eigenvalue weighted by Crippen LogP contribution is -2.54. The number of ether oxygens (including phenoxy) is 1. The monoisotopic (exact) mass is 316 g/mol. The zero-order valence-corrected chi connectivity index (χ0v) is 14.2. The summed E-state index contributed by atoms with van der Waals surface area (Å²) in [7, 11) is 1.70. The minimum absolute atomic E-state index is 0.286. The number of hydrogen-bond acceptors (Lipinski definition) is 3. The van der Waals surface area contributed by atoms with Crippen LogP contribution in [0.4, 0.5) is 0 Å². The summed E-state index contributed by atoms with van der Waals surface area (Å²) in [4.78, 5) is 16.8. The molecule has 2 aliphatic heterocycles. The lowest BCUT2D eigenvalue weighted by Gasteiger charge is -2.48. The molecule has 2 aliphatic rings. The number of likely N-dealkylation sites (tertiary alicyclic amines) is 2. The van der Waals surface area contributed by atoms with Gasteiger partial charge in [-0.2, -0.15) is 0 Å². The smallest absolute Gasteiger partial charge is 0.222 e. The van der Waals surface area contributed by atoms with Crippen LogP contribution in [-0.4, -0.2) is 55.6 Å². The Morgan fingerprint density at radius 1 is 1.17 bits per heavy atom. The van der Waals surface area contributed by atoms with Crippen molar-refractivity contribution in [3.8, 4) is 0 Å². The fourth-order valence-corrected chi connectivity index (χ4v) is 4.13. The van der Waals surface area contributed by atoms with E-state index in [-0.39, 0.29) is 5.41 Å². The second-order valence-electron chi connectivity index (χ2n) is 7.11. The Kier molecular flexibility index (Phi) is 5.34. The van der Waals surface area contributed by atoms with Crippen molar-refractivity contribution in [2.45, 2.75) is 32.2 Å². The summed E-state index contributed by atoms with van der Waals surface area (Å²) in [6.07, 6.45) is 4.22. The second-order valence-corrected chi connectivity index (χ2v) is 7.11. The molecule has 0 bridgehead atoms. The Labute approximate surface area is 139 Å². The maximum Gasteiger partial charge on any atom is 0.222 e. The number of piperidine rings is 2. The molecule has 0 aliphatic carbocycles. The molecule has 1 aromatic carbocycles. The highest BCUT2D eigenvalue weighted by atomic mass is 16.5. The standard InChI is InChI=1S/C19H28N2O2/c1-23-13-12-21-16-19(10-8-18(21)22)9-5-11-20(15-19)14-17-6-3-2-4-7-17/h2-4,6-7H,5,8-16H2,1H3/t19-/m0/s1. The summed E-state index contributed by atoms with van der Waals surface area (Å²) in [6.45, 7) is 5.57. The van der Waals surface area contributed by atoms with Gasteiger partial charge in [0.15, 0.2) is 0 Å². The van der Waals surface area contributed by atoms with Gasteiger partial charge in [0.1, 0.15) is 0 Å². The van der Waals surface area contributed by atoms with Gasteiger partial charge in [0.25, 0.3) is 0 Å². The largest absolute Gasteiger partial charge is 0.383 e. The first kappa shape index (κ1) is 16.5. The van der Waals surface area contributed by atoms with Crippen molar-refractivity contribution in [3.05, 3.63) is 35.9 Å². The van der Waals surface area contributed by atoms with E-state index in [9.17, 15) is 4.79 Å². The third kappa shape index (κ3) is 4.12. The van der Waals surface area contributed by atoms with Gasteiger partial charge in [-0.15, -0.1) is 0 Å². The molecule has 2 saturated heterocycles. The molecule has 0 saturated carbocycles. The van der Waals surface area contributed by atoms with Crippen LogP contribution in [0.2, 0.25) is 0 Å². The maximum absolute atomic E-state index is 12.2. The van der Waals surface area contributed by atoms with Crippen LogP contribution < -0.4 is 0 Å². The molecular weight excluding hydrogens is 288 g/mol. The summed E-state index contributed by atoms with van der Waals surface area (Å²) < 4.78 is 5.16. The molecule has 3 rings (SSSR count). The van der Waals surface area contributed by atoms with E-state index < -0.39 is 0 Å². The van der Waals surface area contributed by atoms with Crippen LogP contribution in [0.15, 0.2) is 30.3 Å². The van der Waals surface area contributed by atoms with Gasteiger partial charge >= 0.3 is 0 Å². The highest BCUT2D eigenvalue weighted by Crippen LogP contribution is 2.39. The highest BCUT2D eigenvalue weighted by Gasteiger charge is 2.41. The van der Waals surface area contributed by atoms with Crippen LogP contribution in [-0.2, 0) is 16.1 Å². The normalized spacial score (nSPS) is 26.0. The van der Waals surface area contributed by atoms with E-state index in [4.69, 9.17) is 4.74 Å². The lowest BCUT2D eigenvalue weighted by atomic mass is 9.73. The van der Waals surface area contributed by atoms with Crippen LogP contribution >= 0.6 is 0 Å². The van der Waals surface area contributed by atoms with E-state index in [1.165, 1.54) is 24.9 Å². The van der Waals surface area contributed by atoms with Crippen molar-refractivity contribution in [1.82, 2.24) is 9.80 Å². The molecule has 4 nitrogen and oxygen atoms in total. The minimum Gasteiger partial charge on any atom is -0.383 e. The Bertz CT molecular complexity index is 519. The number of amides is 1. The first-order chi connectivity index (χ1) is 11.2. The van der Waals surface area contributed by atoms with Crippen molar-refractivity contribution in [3.63, 3.8) is 0 Å². The number of rotatable bonds is 5. The first-order valence-electron chi connectivity index (χ1n) is 8.74. The molecule has 2 heterocycles. The van der Waals surface area contributed by atoms with E-state index in [0.29, 0.717) is 18.9 Å². The number of carbonyl (C=O) groups is 1. The molecule has 23 heavy (non-hydrogen) atoms. The number of benzene rings is 1. The summed E-state index contributed by atoms with van der Waals surface area (Å²) in [6, 6.07) is 10.7. The molecule has 0 aromatic heterocycles. The van der Waals surface area contributed by atoms with Crippen LogP contribution in [0.25, 0.3) is 0 Å². The lowest BCUT2D eigenvalue weighted by molar-refractivity contribution is -0.140. The van der Waals surface area contributed by atoms with E-state index in [1.807, 2.05) is 4.90 Å². The van der Waals surface area contributed by atoms with Crippen molar-refractivity contribution >= 4 is 5.91 Å². The molecule has 0 N–H and O–H groups in total. The SMILES string of the molecule is COCCN1C[C@@]2(CCCN(Cc3ccccc3)C2)CCC1=O. The van der Waals surface area contributed by atoms with Crippen LogP contribution in [0.3, 0.4) is 0 Å². The Morgan fingerprint density at radius 2 is 2.00 bits per heavy atom. The third-order valence-electron chi connectivity index (χ3n) is 5.30. The molecule has 1 atom stereocenters. The van der Waals surface area contributed by atoms with Crippen LogP contribution in [0.5, 0.6) is 0 Å². The predicted molar refractivity (Wildman–Crippen MR) is 91.1 cm³/mol. The van der Waals surface area contributed by atoms with E-state index in [1.54, 1.807) is 7.11 Å². The summed E-state index contributed by atoms with van der Waals surface area (Å²) in [5.74, 6) is 0.299. The highest BCUT2D eigenvalue weighted by molar-refractivity contribution is 5.77. The predicted octanol–water partition coefficient (Wildman–Crippen LogP) is 2.54. The average molecular weight is 316 g/mol. The fourth-order valence-electron chi connectivity index (χ4n) is 4.13. The number of methoxy groups -OCH3 is 1. The Balaban J connectivity index is 1.63. The molecule has 1 amide bonds. The van der Waals surface area contributed by atoms with Gasteiger partial charge in [-0.1, -0.05) is 30.3 Å². The number of nitrogens with zero attached hydrogens (tertiary/aromatic N) is 2. The first-order valence-corrected chi connectivity index (χ1v) is 8.74. The number of carbonyl (C=O) groups excluding carboxylic acids is 1. The summed E-state index contributed by atoms with van der Waals surface area (Å²) >= 11 is 0. The molecule has 1 spiro atoms. The van der Waals surface area contributed by atoms with Crippen molar-refractivity contribution in [1.29, 1.82) is 0 Å². The summed E-state index contributed by atoms with van der Waals surface area (Å²) in [5.41, 5.74) is 1.67. The molecule has 126 valence electrons. The van der Waals surface area contributed by atoms with Crippen molar-refractivity contribution in [2.75, 3.05) is 39.9 Å². The minimum atomic E-state index is 0.286. The van der Waals surface area contributed by atoms with Crippen molar-refractivity contribution in [2.24, 2.45) is 5.41 Å². The molecule has 0 unspecified atom stereocenters. The fraction of sp³-hybridized carbons (Fsp3) is 0.632. The van der Waals surface area contributed by atoms with E-state index in [2.05, 4.69) is 35.2 Å². The Morgan fingerprint density at radius 3 is 2.78 bits per heavy atom. The van der Waals surface area contributed by atoms with Gasteiger partial charge < -0.3 is 9.64 Å². The zero-order chi connectivity index (χ0) is 16.1. The molecule has 4 heteroatoms. The van der Waals surface area contributed by atoms with Crippen LogP contribution in [0, 0.1) is 5.41 Å². The number of hydrogen-bond donors (Lipinski definition) is 0. The van der Waals surface area contributed by atoms with Gasteiger partial charge in [0.2, 0.25) is 5.91 Å². The van der Waals surface area contributed by atoms with E-state index >= 15 is 0 Å². The van der Waals surface area contributed by atoms with E-state index in [0.717, 1.165) is 32.6 Å². The Hall–Kier alpha value is -1.39. The van der Waals surface area contributed by atoms with Crippen molar-refractivity contribution < 1.29 is 9.53 Å². The average Bonchev–Trinajstić information content (AvgIpc) is 2.57. The maximum atomic E-state index is 12.2. The molecular formula is C19H28N2O2. The van der Waals surface area contributed by atoms with Gasteiger partial charge in [0, 0.05) is 45.1 Å². The summed E-state index contributed by atoms with van der Waals surface area (Å²) in [5, 5.41) is 0. The topological polar surface area (TPSA) is 32.8 Å². The second kappa shape index (κ2) is 7.45. The molecule has 1 aromatic rings. The van der Waals surface area contributed by atoms with Gasteiger partial charge in [0.05, 0.1) is 6.61 Å². The van der Waals surface area contributed by atoms with Gasteiger partial charge in [-0.25, -0.2) is 0 Å². The quantitative estimate of drug-likeness (QED) is 0.837. The van der Waals surface area contributed by atoms with Crippen LogP contribution in [0.1, 0.15) is 31.2 Å². The molecule has 2 fully saturated rings.